The maximum absolute atomic E-state index is 6.12. The molecule has 158 valence electrons. The molecule has 0 aromatic heterocycles. The molecule has 29 heavy (non-hydrogen) atoms. The van der Waals surface area contributed by atoms with Gasteiger partial charge in [-0.2, -0.15) is 0 Å². The van der Waals surface area contributed by atoms with E-state index < -0.39 is 0 Å². The summed E-state index contributed by atoms with van der Waals surface area (Å²) in [6, 6.07) is 12.5. The molecule has 1 heterocycles. The van der Waals surface area contributed by atoms with Gasteiger partial charge >= 0.3 is 0 Å². The van der Waals surface area contributed by atoms with Gasteiger partial charge < -0.3 is 14.4 Å². The molecule has 0 amide bonds. The molecule has 0 spiro atoms. The number of fused-ring (bicyclic) bond motifs is 1. The van der Waals surface area contributed by atoms with Gasteiger partial charge in [-0.05, 0) is 67.1 Å². The van der Waals surface area contributed by atoms with E-state index in [0.717, 1.165) is 75.1 Å². The number of hydrogen-bond acceptors (Lipinski definition) is 4. The third-order valence-corrected chi connectivity index (χ3v) is 6.04. The van der Waals surface area contributed by atoms with Gasteiger partial charge in [-0.1, -0.05) is 17.7 Å². The van der Waals surface area contributed by atoms with Crippen LogP contribution in [0.5, 0.6) is 11.5 Å². The van der Waals surface area contributed by atoms with Gasteiger partial charge in [-0.15, -0.1) is 12.4 Å². The highest BCUT2D eigenvalue weighted by molar-refractivity contribution is 6.30. The fraction of sp³-hybridized carbons (Fsp3) is 0.478. The summed E-state index contributed by atoms with van der Waals surface area (Å²) in [6.45, 7) is 6.03. The van der Waals surface area contributed by atoms with Crippen molar-refractivity contribution in [1.29, 1.82) is 0 Å². The lowest BCUT2D eigenvalue weighted by atomic mass is 10.1. The molecule has 2 aromatic rings. The summed E-state index contributed by atoms with van der Waals surface area (Å²) >= 11 is 6.12. The zero-order valence-corrected chi connectivity index (χ0v) is 18.6. The third kappa shape index (κ3) is 5.50. The van der Waals surface area contributed by atoms with Gasteiger partial charge in [-0.25, -0.2) is 0 Å². The zero-order valence-electron chi connectivity index (χ0n) is 17.0. The second-order valence-corrected chi connectivity index (χ2v) is 8.07. The second-order valence-electron chi connectivity index (χ2n) is 7.64. The van der Waals surface area contributed by atoms with Crippen LogP contribution in [0, 0.1) is 0 Å². The lowest BCUT2D eigenvalue weighted by Gasteiger charge is -2.36. The molecule has 1 saturated heterocycles. The largest absolute Gasteiger partial charge is 0.493 e. The fourth-order valence-electron chi connectivity index (χ4n) is 4.22. The van der Waals surface area contributed by atoms with E-state index in [-0.39, 0.29) is 12.4 Å². The minimum atomic E-state index is 0. The van der Waals surface area contributed by atoms with Gasteiger partial charge in [0.05, 0.1) is 13.7 Å². The highest BCUT2D eigenvalue weighted by Crippen LogP contribution is 2.35. The Bertz CT molecular complexity index is 807. The molecule has 6 heteroatoms. The summed E-state index contributed by atoms with van der Waals surface area (Å²) in [5.74, 6) is 1.77. The number of aryl methyl sites for hydroxylation is 2. The predicted octanol–water partition coefficient (Wildman–Crippen LogP) is 4.85. The van der Waals surface area contributed by atoms with Crippen LogP contribution < -0.4 is 14.4 Å². The van der Waals surface area contributed by atoms with Crippen molar-refractivity contribution in [3.8, 4) is 11.5 Å². The van der Waals surface area contributed by atoms with Crippen LogP contribution in [0.4, 0.5) is 5.69 Å². The van der Waals surface area contributed by atoms with Crippen molar-refractivity contribution in [3.63, 3.8) is 0 Å². The van der Waals surface area contributed by atoms with E-state index in [1.807, 2.05) is 12.1 Å². The van der Waals surface area contributed by atoms with Crippen molar-refractivity contribution < 1.29 is 9.47 Å². The first-order valence-corrected chi connectivity index (χ1v) is 10.7. The van der Waals surface area contributed by atoms with Crippen molar-refractivity contribution >= 4 is 29.7 Å². The number of anilines is 1. The van der Waals surface area contributed by atoms with E-state index in [9.17, 15) is 0 Å². The van der Waals surface area contributed by atoms with Crippen LogP contribution in [0.25, 0.3) is 0 Å². The number of nitrogens with zero attached hydrogens (tertiary/aromatic N) is 2. The first kappa shape index (κ1) is 22.1. The van der Waals surface area contributed by atoms with Crippen molar-refractivity contribution in [1.82, 2.24) is 4.90 Å². The van der Waals surface area contributed by atoms with Crippen molar-refractivity contribution in [3.05, 3.63) is 52.5 Å². The van der Waals surface area contributed by atoms with Crippen LogP contribution in [0.2, 0.25) is 5.02 Å². The Morgan fingerprint density at radius 3 is 2.38 bits per heavy atom. The third-order valence-electron chi connectivity index (χ3n) is 5.80. The molecule has 2 aromatic carbocycles. The van der Waals surface area contributed by atoms with Gasteiger partial charge in [-0.3, -0.25) is 4.90 Å². The SMILES string of the molecule is COc1cc2c(cc1OCCCN1CCN(c3cccc(Cl)c3)CC1)CCC2.Cl. The van der Waals surface area contributed by atoms with Crippen LogP contribution in [0.3, 0.4) is 0 Å². The quantitative estimate of drug-likeness (QED) is 0.579. The van der Waals surface area contributed by atoms with Crippen molar-refractivity contribution in [2.24, 2.45) is 0 Å². The highest BCUT2D eigenvalue weighted by Gasteiger charge is 2.18. The molecular formula is C23H30Cl2N2O2. The van der Waals surface area contributed by atoms with Crippen LogP contribution in [-0.4, -0.2) is 51.3 Å². The van der Waals surface area contributed by atoms with Crippen LogP contribution >= 0.6 is 24.0 Å². The molecule has 4 rings (SSSR count). The Labute approximate surface area is 185 Å². The van der Waals surface area contributed by atoms with Crippen LogP contribution in [0.15, 0.2) is 36.4 Å². The highest BCUT2D eigenvalue weighted by atomic mass is 35.5. The standard InChI is InChI=1S/C23H29ClN2O2.ClH/c1-27-22-15-18-5-2-6-19(18)16-23(22)28-14-4-9-25-10-12-26(13-11-25)21-8-3-7-20(24)17-21;/h3,7-8,15-17H,2,4-6,9-14H2,1H3;1H. The Morgan fingerprint density at radius 1 is 0.966 bits per heavy atom. The molecular weight excluding hydrogens is 407 g/mol. The summed E-state index contributed by atoms with van der Waals surface area (Å²) in [6.07, 6.45) is 4.58. The molecule has 0 unspecified atom stereocenters. The van der Waals surface area contributed by atoms with E-state index in [4.69, 9.17) is 21.1 Å². The minimum Gasteiger partial charge on any atom is -0.493 e. The normalized spacial score (nSPS) is 16.3. The number of hydrogen-bond donors (Lipinski definition) is 0. The smallest absolute Gasteiger partial charge is 0.161 e. The number of rotatable bonds is 7. The second kappa shape index (κ2) is 10.4. The predicted molar refractivity (Wildman–Crippen MR) is 122 cm³/mol. The molecule has 1 aliphatic heterocycles. The van der Waals surface area contributed by atoms with Gasteiger partial charge in [0.2, 0.25) is 0 Å². The molecule has 0 N–H and O–H groups in total. The summed E-state index contributed by atoms with van der Waals surface area (Å²) in [5, 5.41) is 0.805. The van der Waals surface area contributed by atoms with Crippen molar-refractivity contribution in [2.45, 2.75) is 25.7 Å². The molecule has 0 bridgehead atoms. The van der Waals surface area contributed by atoms with E-state index in [1.54, 1.807) is 7.11 Å². The molecule has 1 aliphatic carbocycles. The fourth-order valence-corrected chi connectivity index (χ4v) is 4.41. The molecule has 0 saturated carbocycles. The Kier molecular flexibility index (Phi) is 7.93. The molecule has 0 radical (unpaired) electrons. The van der Waals surface area contributed by atoms with Gasteiger partial charge in [0, 0.05) is 43.4 Å². The Hall–Kier alpha value is -1.62. The Balaban J connectivity index is 0.00000240. The average molecular weight is 437 g/mol. The minimum absolute atomic E-state index is 0. The monoisotopic (exact) mass is 436 g/mol. The topological polar surface area (TPSA) is 24.9 Å². The molecule has 4 nitrogen and oxygen atoms in total. The number of piperazine rings is 1. The lowest BCUT2D eigenvalue weighted by Crippen LogP contribution is -2.46. The van der Waals surface area contributed by atoms with Gasteiger partial charge in [0.1, 0.15) is 0 Å². The van der Waals surface area contributed by atoms with Crippen molar-refractivity contribution in [2.75, 3.05) is 51.3 Å². The maximum Gasteiger partial charge on any atom is 0.161 e. The summed E-state index contributed by atoms with van der Waals surface area (Å²) in [7, 11) is 1.73. The molecule has 1 fully saturated rings. The number of halogens is 2. The molecule has 0 atom stereocenters. The summed E-state index contributed by atoms with van der Waals surface area (Å²) < 4.78 is 11.6. The first-order chi connectivity index (χ1) is 13.7. The zero-order chi connectivity index (χ0) is 19.3. The van der Waals surface area contributed by atoms with Gasteiger partial charge in [0.25, 0.3) is 0 Å². The summed E-state index contributed by atoms with van der Waals surface area (Å²) in [4.78, 5) is 4.93. The summed E-state index contributed by atoms with van der Waals surface area (Å²) in [5.41, 5.74) is 4.06. The number of benzene rings is 2. The average Bonchev–Trinajstić information content (AvgIpc) is 3.18. The van der Waals surface area contributed by atoms with Crippen LogP contribution in [0.1, 0.15) is 24.0 Å². The van der Waals surface area contributed by atoms with E-state index in [1.165, 1.54) is 23.2 Å². The maximum atomic E-state index is 6.12. The Morgan fingerprint density at radius 2 is 1.69 bits per heavy atom. The van der Waals surface area contributed by atoms with Gasteiger partial charge in [0.15, 0.2) is 11.5 Å². The first-order valence-electron chi connectivity index (χ1n) is 10.3. The number of ether oxygens (including phenoxy) is 2. The van der Waals surface area contributed by atoms with E-state index >= 15 is 0 Å². The van der Waals surface area contributed by atoms with E-state index in [2.05, 4.69) is 34.1 Å². The van der Waals surface area contributed by atoms with E-state index in [0.29, 0.717) is 0 Å². The van der Waals surface area contributed by atoms with Crippen LogP contribution in [-0.2, 0) is 12.8 Å². The number of methoxy groups -OCH3 is 1. The molecule has 2 aliphatic rings. The lowest BCUT2D eigenvalue weighted by molar-refractivity contribution is 0.221.